The quantitative estimate of drug-likeness (QED) is 0.674. The van der Waals surface area contributed by atoms with Crippen LogP contribution in [0.15, 0.2) is 35.4 Å². The van der Waals surface area contributed by atoms with Crippen LogP contribution in [0.4, 0.5) is 13.2 Å². The van der Waals surface area contributed by atoms with Crippen molar-refractivity contribution in [2.24, 2.45) is 0 Å². The van der Waals surface area contributed by atoms with E-state index in [2.05, 4.69) is 9.72 Å². The summed E-state index contributed by atoms with van der Waals surface area (Å²) in [6, 6.07) is 4.05. The number of nitrogens with zero attached hydrogens (tertiary/aromatic N) is 3. The normalized spacial score (nSPS) is 16.4. The Kier molecular flexibility index (Phi) is 6.36. The molecule has 0 N–H and O–H groups in total. The Morgan fingerprint density at radius 1 is 1.06 bits per heavy atom. The van der Waals surface area contributed by atoms with Gasteiger partial charge >= 0.3 is 6.36 Å². The summed E-state index contributed by atoms with van der Waals surface area (Å²) in [6.07, 6.45) is -3.31. The van der Waals surface area contributed by atoms with Crippen molar-refractivity contribution in [3.63, 3.8) is 0 Å². The molecule has 0 saturated carbocycles. The van der Waals surface area contributed by atoms with Crippen LogP contribution in [0.2, 0.25) is 0 Å². The van der Waals surface area contributed by atoms with Gasteiger partial charge in [0, 0.05) is 31.6 Å². The number of benzene rings is 1. The summed E-state index contributed by atoms with van der Waals surface area (Å²) in [5, 5.41) is 0.843. The second kappa shape index (κ2) is 8.40. The van der Waals surface area contributed by atoms with Crippen LogP contribution in [-0.2, 0) is 15.4 Å². The van der Waals surface area contributed by atoms with E-state index in [1.54, 1.807) is 11.1 Å². The van der Waals surface area contributed by atoms with Crippen LogP contribution in [-0.4, -0.2) is 61.1 Å². The van der Waals surface area contributed by atoms with E-state index in [-0.39, 0.29) is 42.4 Å². The molecule has 3 rings (SSSR count). The molecule has 1 aromatic carbocycles. The Hall–Kier alpha value is -2.18. The van der Waals surface area contributed by atoms with E-state index in [0.29, 0.717) is 4.88 Å². The zero-order valence-corrected chi connectivity index (χ0v) is 18.8. The van der Waals surface area contributed by atoms with E-state index in [0.717, 1.165) is 29.3 Å². The number of amides is 1. The minimum atomic E-state index is -4.85. The van der Waals surface area contributed by atoms with Crippen molar-refractivity contribution in [2.45, 2.75) is 37.4 Å². The van der Waals surface area contributed by atoms with Gasteiger partial charge in [0.05, 0.1) is 16.1 Å². The van der Waals surface area contributed by atoms with Crippen LogP contribution in [0, 0.1) is 0 Å². The first-order valence-electron chi connectivity index (χ1n) is 9.39. The topological polar surface area (TPSA) is 79.8 Å². The highest BCUT2D eigenvalue weighted by atomic mass is 32.2. The van der Waals surface area contributed by atoms with Crippen molar-refractivity contribution in [2.75, 3.05) is 26.2 Å². The summed E-state index contributed by atoms with van der Waals surface area (Å²) in [5.41, 5.74) is -0.170. The molecule has 0 radical (unpaired) electrons. The summed E-state index contributed by atoms with van der Waals surface area (Å²) < 4.78 is 67.4. The minimum absolute atomic E-state index is 0.0831. The van der Waals surface area contributed by atoms with Gasteiger partial charge in [-0.2, -0.15) is 4.31 Å². The fourth-order valence-electron chi connectivity index (χ4n) is 2.97. The Morgan fingerprint density at radius 3 is 2.13 bits per heavy atom. The second-order valence-corrected chi connectivity index (χ2v) is 11.0. The van der Waals surface area contributed by atoms with E-state index in [1.165, 1.54) is 15.6 Å². The molecule has 2 heterocycles. The lowest BCUT2D eigenvalue weighted by molar-refractivity contribution is -0.274. The number of halogens is 3. The molecule has 0 atom stereocenters. The van der Waals surface area contributed by atoms with Crippen molar-refractivity contribution in [1.82, 2.24) is 14.2 Å². The molecule has 0 spiro atoms. The first-order valence-corrected chi connectivity index (χ1v) is 11.6. The van der Waals surface area contributed by atoms with E-state index in [9.17, 15) is 26.4 Å². The van der Waals surface area contributed by atoms with Crippen molar-refractivity contribution < 1.29 is 31.1 Å². The third kappa shape index (κ3) is 5.55. The molecule has 1 aliphatic rings. The summed E-state index contributed by atoms with van der Waals surface area (Å²) in [4.78, 5) is 19.0. The van der Waals surface area contributed by atoms with Gasteiger partial charge in [-0.3, -0.25) is 4.79 Å². The van der Waals surface area contributed by atoms with E-state index >= 15 is 0 Å². The SMILES string of the molecule is CC(C)(C)c1ncc(C(=O)N2CCN(S(=O)(=O)c3ccc(OC(F)(F)F)cc3)CC2)s1. The van der Waals surface area contributed by atoms with Crippen molar-refractivity contribution in [3.05, 3.63) is 40.3 Å². The van der Waals surface area contributed by atoms with E-state index in [1.807, 2.05) is 20.8 Å². The highest BCUT2D eigenvalue weighted by Crippen LogP contribution is 2.28. The summed E-state index contributed by atoms with van der Waals surface area (Å²) in [5.74, 6) is -0.695. The van der Waals surface area contributed by atoms with Gasteiger partial charge in [-0.05, 0) is 24.3 Å². The van der Waals surface area contributed by atoms with Crippen LogP contribution >= 0.6 is 11.3 Å². The van der Waals surface area contributed by atoms with Crippen LogP contribution in [0.5, 0.6) is 5.75 Å². The number of alkyl halides is 3. The molecular formula is C19H22F3N3O4S2. The standard InChI is InChI=1S/C19H22F3N3O4S2/c1-18(2,3)17-23-12-15(30-17)16(26)24-8-10-25(11-9-24)31(27,28)14-6-4-13(5-7-14)29-19(20,21)22/h4-7,12H,8-11H2,1-3H3. The zero-order chi connectivity index (χ0) is 23.0. The number of hydrogen-bond acceptors (Lipinski definition) is 6. The number of sulfonamides is 1. The summed E-state index contributed by atoms with van der Waals surface area (Å²) in [7, 11) is -3.90. The fraction of sp³-hybridized carbons (Fsp3) is 0.474. The molecule has 170 valence electrons. The maximum absolute atomic E-state index is 12.8. The maximum Gasteiger partial charge on any atom is 0.573 e. The highest BCUT2D eigenvalue weighted by molar-refractivity contribution is 7.89. The first-order chi connectivity index (χ1) is 14.3. The van der Waals surface area contributed by atoms with Gasteiger partial charge < -0.3 is 9.64 Å². The van der Waals surface area contributed by atoms with Crippen LogP contribution in [0.3, 0.4) is 0 Å². The lowest BCUT2D eigenvalue weighted by Crippen LogP contribution is -2.50. The first kappa shape index (κ1) is 23.5. The van der Waals surface area contributed by atoms with Crippen molar-refractivity contribution in [3.8, 4) is 5.75 Å². The van der Waals surface area contributed by atoms with Crippen molar-refractivity contribution in [1.29, 1.82) is 0 Å². The number of ether oxygens (including phenoxy) is 1. The van der Waals surface area contributed by atoms with E-state index in [4.69, 9.17) is 0 Å². The van der Waals surface area contributed by atoms with Gasteiger partial charge in [0.2, 0.25) is 10.0 Å². The third-order valence-electron chi connectivity index (χ3n) is 4.58. The monoisotopic (exact) mass is 477 g/mol. The van der Waals surface area contributed by atoms with E-state index < -0.39 is 22.1 Å². The van der Waals surface area contributed by atoms with Gasteiger partial charge in [0.15, 0.2) is 0 Å². The van der Waals surface area contributed by atoms with Crippen LogP contribution in [0.1, 0.15) is 35.5 Å². The zero-order valence-electron chi connectivity index (χ0n) is 17.1. The third-order valence-corrected chi connectivity index (χ3v) is 7.90. The molecule has 31 heavy (non-hydrogen) atoms. The predicted molar refractivity (Wildman–Crippen MR) is 109 cm³/mol. The van der Waals surface area contributed by atoms with Crippen LogP contribution in [0.25, 0.3) is 0 Å². The largest absolute Gasteiger partial charge is 0.573 e. The number of carbonyl (C=O) groups is 1. The second-order valence-electron chi connectivity index (χ2n) is 8.00. The molecule has 12 heteroatoms. The molecule has 1 saturated heterocycles. The molecule has 1 fully saturated rings. The average molecular weight is 478 g/mol. The van der Waals surface area contributed by atoms with Gasteiger partial charge in [-0.15, -0.1) is 24.5 Å². The number of rotatable bonds is 4. The molecule has 1 aromatic heterocycles. The number of piperazine rings is 1. The average Bonchev–Trinajstić information content (AvgIpc) is 3.17. The highest BCUT2D eigenvalue weighted by Gasteiger charge is 2.33. The Bertz CT molecular complexity index is 1040. The Balaban J connectivity index is 1.64. The van der Waals surface area contributed by atoms with Gasteiger partial charge in [0.1, 0.15) is 10.6 Å². The Morgan fingerprint density at radius 2 is 1.65 bits per heavy atom. The number of thiazole rings is 1. The van der Waals surface area contributed by atoms with Gasteiger partial charge in [0.25, 0.3) is 5.91 Å². The van der Waals surface area contributed by atoms with Crippen LogP contribution < -0.4 is 4.74 Å². The number of aromatic nitrogens is 1. The molecule has 2 aromatic rings. The Labute approximate surface area is 182 Å². The molecule has 7 nitrogen and oxygen atoms in total. The summed E-state index contributed by atoms with van der Waals surface area (Å²) >= 11 is 1.32. The molecule has 0 bridgehead atoms. The lowest BCUT2D eigenvalue weighted by Gasteiger charge is -2.33. The molecule has 0 unspecified atom stereocenters. The lowest BCUT2D eigenvalue weighted by atomic mass is 9.98. The molecular weight excluding hydrogens is 455 g/mol. The van der Waals surface area contributed by atoms with Gasteiger partial charge in [-0.25, -0.2) is 13.4 Å². The summed E-state index contributed by atoms with van der Waals surface area (Å²) in [6.45, 7) is 6.59. The van der Waals surface area contributed by atoms with Gasteiger partial charge in [-0.1, -0.05) is 20.8 Å². The molecule has 1 amide bonds. The predicted octanol–water partition coefficient (Wildman–Crippen LogP) is 3.49. The van der Waals surface area contributed by atoms with Crippen molar-refractivity contribution >= 4 is 27.3 Å². The number of carbonyl (C=O) groups excluding carboxylic acids is 1. The molecule has 0 aliphatic carbocycles. The number of hydrogen-bond donors (Lipinski definition) is 0. The smallest absolute Gasteiger partial charge is 0.406 e. The molecule has 1 aliphatic heterocycles. The minimum Gasteiger partial charge on any atom is -0.406 e. The maximum atomic E-state index is 12.8. The fourth-order valence-corrected chi connectivity index (χ4v) is 5.33.